The molecular formula is C10H21NO4S2. The van der Waals surface area contributed by atoms with Gasteiger partial charge in [-0.2, -0.15) is 0 Å². The van der Waals surface area contributed by atoms with Crippen molar-refractivity contribution in [1.29, 1.82) is 0 Å². The van der Waals surface area contributed by atoms with Gasteiger partial charge < -0.3 is 5.32 Å². The van der Waals surface area contributed by atoms with E-state index in [1.807, 2.05) is 0 Å². The highest BCUT2D eigenvalue weighted by Gasteiger charge is 2.24. The van der Waals surface area contributed by atoms with E-state index < -0.39 is 19.7 Å². The Morgan fingerprint density at radius 3 is 2.53 bits per heavy atom. The number of rotatable bonds is 5. The van der Waals surface area contributed by atoms with Gasteiger partial charge in [0, 0.05) is 12.6 Å². The molecule has 0 aromatic heterocycles. The molecule has 1 rings (SSSR count). The Kier molecular flexibility index (Phi) is 4.97. The predicted molar refractivity (Wildman–Crippen MR) is 68.6 cm³/mol. The maximum atomic E-state index is 11.5. The Balaban J connectivity index is 2.37. The highest BCUT2D eigenvalue weighted by Crippen LogP contribution is 2.11. The lowest BCUT2D eigenvalue weighted by Crippen LogP contribution is -2.42. The van der Waals surface area contributed by atoms with Crippen LogP contribution in [-0.4, -0.2) is 51.9 Å². The van der Waals surface area contributed by atoms with Crippen LogP contribution in [0.4, 0.5) is 0 Å². The molecule has 0 amide bonds. The Morgan fingerprint density at radius 1 is 1.35 bits per heavy atom. The fourth-order valence-corrected chi connectivity index (χ4v) is 4.37. The monoisotopic (exact) mass is 283 g/mol. The molecule has 1 aliphatic heterocycles. The largest absolute Gasteiger partial charge is 0.312 e. The molecule has 1 fully saturated rings. The van der Waals surface area contributed by atoms with Gasteiger partial charge in [-0.1, -0.05) is 0 Å². The summed E-state index contributed by atoms with van der Waals surface area (Å²) in [5.74, 6) is 0.464. The van der Waals surface area contributed by atoms with E-state index in [1.165, 1.54) is 0 Å². The van der Waals surface area contributed by atoms with Crippen LogP contribution in [0.25, 0.3) is 0 Å². The van der Waals surface area contributed by atoms with Crippen LogP contribution in [-0.2, 0) is 19.7 Å². The average molecular weight is 283 g/mol. The standard InChI is InChI=1S/C10H21NO4S2/c1-9(2)17(14,15)7-5-11-10-4-3-6-16(12,13)8-10/h9-11H,3-8H2,1-2H3. The second kappa shape index (κ2) is 5.67. The molecule has 0 bridgehead atoms. The lowest BCUT2D eigenvalue weighted by atomic mass is 10.2. The van der Waals surface area contributed by atoms with Gasteiger partial charge in [0.15, 0.2) is 19.7 Å². The summed E-state index contributed by atoms with van der Waals surface area (Å²) >= 11 is 0. The fraction of sp³-hybridized carbons (Fsp3) is 1.00. The molecule has 0 saturated carbocycles. The Hall–Kier alpha value is -0.140. The van der Waals surface area contributed by atoms with E-state index in [0.29, 0.717) is 13.0 Å². The summed E-state index contributed by atoms with van der Waals surface area (Å²) in [6, 6.07) is -0.0869. The molecule has 0 aromatic carbocycles. The Morgan fingerprint density at radius 2 is 2.00 bits per heavy atom. The molecule has 7 heteroatoms. The number of nitrogens with one attached hydrogen (secondary N) is 1. The third-order valence-electron chi connectivity index (χ3n) is 3.00. The highest BCUT2D eigenvalue weighted by molar-refractivity contribution is 7.92. The summed E-state index contributed by atoms with van der Waals surface area (Å²) in [6.45, 7) is 3.64. The van der Waals surface area contributed by atoms with Gasteiger partial charge in [-0.15, -0.1) is 0 Å². The van der Waals surface area contributed by atoms with Crippen molar-refractivity contribution in [2.45, 2.75) is 38.0 Å². The first kappa shape index (κ1) is 14.9. The Labute approximate surface area is 104 Å². The van der Waals surface area contributed by atoms with Gasteiger partial charge in [0.25, 0.3) is 0 Å². The highest BCUT2D eigenvalue weighted by atomic mass is 32.2. The third kappa shape index (κ3) is 4.93. The van der Waals surface area contributed by atoms with Crippen LogP contribution >= 0.6 is 0 Å². The van der Waals surface area contributed by atoms with Gasteiger partial charge in [0.05, 0.1) is 22.5 Å². The van der Waals surface area contributed by atoms with Gasteiger partial charge in [-0.25, -0.2) is 16.8 Å². The molecule has 0 aliphatic carbocycles. The molecular weight excluding hydrogens is 262 g/mol. The van der Waals surface area contributed by atoms with Gasteiger partial charge in [-0.3, -0.25) is 0 Å². The minimum Gasteiger partial charge on any atom is -0.312 e. The van der Waals surface area contributed by atoms with Gasteiger partial charge >= 0.3 is 0 Å². The molecule has 1 saturated heterocycles. The van der Waals surface area contributed by atoms with E-state index in [1.54, 1.807) is 13.8 Å². The van der Waals surface area contributed by atoms with Crippen molar-refractivity contribution in [2.24, 2.45) is 0 Å². The fourth-order valence-electron chi connectivity index (χ4n) is 1.82. The predicted octanol–water partition coefficient (Wildman–Crippen LogP) is -0.0236. The normalized spacial score (nSPS) is 25.0. The van der Waals surface area contributed by atoms with Gasteiger partial charge in [-0.05, 0) is 26.7 Å². The van der Waals surface area contributed by atoms with Gasteiger partial charge in [0.2, 0.25) is 0 Å². The summed E-state index contributed by atoms with van der Waals surface area (Å²) in [6.07, 6.45) is 1.47. The van der Waals surface area contributed by atoms with Crippen molar-refractivity contribution in [3.63, 3.8) is 0 Å². The van der Waals surface area contributed by atoms with Crippen LogP contribution in [0.1, 0.15) is 26.7 Å². The zero-order valence-corrected chi connectivity index (χ0v) is 12.0. The van der Waals surface area contributed by atoms with Crippen LogP contribution in [0, 0.1) is 0 Å². The second-order valence-corrected chi connectivity index (χ2v) is 9.73. The number of hydrogen-bond donors (Lipinski definition) is 1. The molecule has 1 aliphatic rings. The van der Waals surface area contributed by atoms with Crippen molar-refractivity contribution in [3.8, 4) is 0 Å². The van der Waals surface area contributed by atoms with Crippen LogP contribution in [0.15, 0.2) is 0 Å². The quantitative estimate of drug-likeness (QED) is 0.767. The molecule has 0 aromatic rings. The SMILES string of the molecule is CC(C)S(=O)(=O)CCNC1CCCS(=O)(=O)C1. The maximum absolute atomic E-state index is 11.5. The minimum absolute atomic E-state index is 0.0706. The Bertz CT molecular complexity index is 439. The van der Waals surface area contributed by atoms with Crippen LogP contribution < -0.4 is 5.32 Å². The molecule has 5 nitrogen and oxygen atoms in total. The van der Waals surface area contributed by atoms with Crippen molar-refractivity contribution in [3.05, 3.63) is 0 Å². The van der Waals surface area contributed by atoms with Crippen molar-refractivity contribution in [2.75, 3.05) is 23.8 Å². The average Bonchev–Trinajstić information content (AvgIpc) is 2.15. The molecule has 0 radical (unpaired) electrons. The second-order valence-electron chi connectivity index (χ2n) is 4.82. The zero-order valence-electron chi connectivity index (χ0n) is 10.3. The molecule has 1 heterocycles. The molecule has 17 heavy (non-hydrogen) atoms. The molecule has 1 N–H and O–H groups in total. The van der Waals surface area contributed by atoms with E-state index in [-0.39, 0.29) is 28.6 Å². The summed E-state index contributed by atoms with van der Waals surface area (Å²) in [5.41, 5.74) is 0. The summed E-state index contributed by atoms with van der Waals surface area (Å²) in [4.78, 5) is 0. The lowest BCUT2D eigenvalue weighted by molar-refractivity contribution is 0.489. The van der Waals surface area contributed by atoms with Crippen molar-refractivity contribution >= 4 is 19.7 Å². The lowest BCUT2D eigenvalue weighted by Gasteiger charge is -2.23. The first-order valence-corrected chi connectivity index (χ1v) is 9.42. The van der Waals surface area contributed by atoms with Crippen molar-refractivity contribution < 1.29 is 16.8 Å². The minimum atomic E-state index is -3.04. The first-order chi connectivity index (χ1) is 7.73. The summed E-state index contributed by atoms with van der Waals surface area (Å²) < 4.78 is 45.8. The van der Waals surface area contributed by atoms with E-state index in [0.717, 1.165) is 6.42 Å². The summed E-state index contributed by atoms with van der Waals surface area (Å²) in [7, 11) is -5.97. The smallest absolute Gasteiger partial charge is 0.153 e. The van der Waals surface area contributed by atoms with Gasteiger partial charge in [0.1, 0.15) is 0 Å². The first-order valence-electron chi connectivity index (χ1n) is 5.88. The van der Waals surface area contributed by atoms with E-state index >= 15 is 0 Å². The third-order valence-corrected chi connectivity index (χ3v) is 7.03. The van der Waals surface area contributed by atoms with Crippen LogP contribution in [0.5, 0.6) is 0 Å². The van der Waals surface area contributed by atoms with E-state index in [9.17, 15) is 16.8 Å². The van der Waals surface area contributed by atoms with Crippen molar-refractivity contribution in [1.82, 2.24) is 5.32 Å². The molecule has 1 atom stereocenters. The topological polar surface area (TPSA) is 80.3 Å². The zero-order chi connectivity index (χ0) is 13.1. The number of hydrogen-bond acceptors (Lipinski definition) is 5. The molecule has 102 valence electrons. The van der Waals surface area contributed by atoms with Crippen LogP contribution in [0.3, 0.4) is 0 Å². The van der Waals surface area contributed by atoms with E-state index in [2.05, 4.69) is 5.32 Å². The summed E-state index contributed by atoms with van der Waals surface area (Å²) in [5, 5.41) is 2.65. The molecule has 0 spiro atoms. The van der Waals surface area contributed by atoms with Crippen LogP contribution in [0.2, 0.25) is 0 Å². The maximum Gasteiger partial charge on any atom is 0.153 e. The van der Waals surface area contributed by atoms with E-state index in [4.69, 9.17) is 0 Å². The number of sulfone groups is 2. The molecule has 1 unspecified atom stereocenters.